The fraction of sp³-hybridized carbons (Fsp3) is 0.100. The molecule has 112 valence electrons. The van der Waals surface area contributed by atoms with Gasteiger partial charge < -0.3 is 0 Å². The van der Waals surface area contributed by atoms with E-state index >= 15 is 0 Å². The molecule has 3 aromatic carbocycles. The zero-order chi connectivity index (χ0) is 15.6. The van der Waals surface area contributed by atoms with E-state index in [0.717, 1.165) is 0 Å². The Bertz CT molecular complexity index is 1080. The van der Waals surface area contributed by atoms with Crippen molar-refractivity contribution in [2.24, 2.45) is 7.05 Å². The van der Waals surface area contributed by atoms with Crippen molar-refractivity contribution in [2.75, 3.05) is 11.9 Å². The summed E-state index contributed by atoms with van der Waals surface area (Å²) in [7, 11) is 4.35. The topological polar surface area (TPSA) is 8.17 Å². The molecule has 0 atom stereocenters. The zero-order valence-electron chi connectivity index (χ0n) is 13.1. The van der Waals surface area contributed by atoms with Crippen molar-refractivity contribution in [1.29, 1.82) is 0 Å². The third-order valence-electron chi connectivity index (χ3n) is 4.80. The third kappa shape index (κ3) is 1.75. The average Bonchev–Trinajstić information content (AvgIpc) is 2.87. The zero-order valence-corrected chi connectivity index (χ0v) is 14.8. The van der Waals surface area contributed by atoms with E-state index in [9.17, 15) is 0 Å². The van der Waals surface area contributed by atoms with E-state index < -0.39 is 0 Å². The predicted molar refractivity (Wildman–Crippen MR) is 100.0 cm³/mol. The summed E-state index contributed by atoms with van der Waals surface area (Å²) < 4.78 is 5.25. The molecule has 0 spiro atoms. The van der Waals surface area contributed by atoms with Crippen molar-refractivity contribution in [3.05, 3.63) is 60.7 Å². The van der Waals surface area contributed by atoms with E-state index in [1.54, 1.807) is 0 Å². The van der Waals surface area contributed by atoms with Gasteiger partial charge in [0.05, 0.1) is 0 Å². The Labute approximate surface area is 141 Å². The van der Waals surface area contributed by atoms with Crippen molar-refractivity contribution >= 4 is 57.1 Å². The van der Waals surface area contributed by atoms with Crippen LogP contribution >= 0.6 is 0 Å². The van der Waals surface area contributed by atoms with E-state index in [1.165, 1.54) is 42.1 Å². The van der Waals surface area contributed by atoms with Gasteiger partial charge in [-0.1, -0.05) is 0 Å². The van der Waals surface area contributed by atoms with Crippen LogP contribution in [0.25, 0.3) is 21.8 Å². The average molecular weight is 363 g/mol. The van der Waals surface area contributed by atoms with E-state index in [4.69, 9.17) is 0 Å². The summed E-state index contributed by atoms with van der Waals surface area (Å²) in [6, 6.07) is 22.2. The monoisotopic (exact) mass is 364 g/mol. The van der Waals surface area contributed by atoms with Gasteiger partial charge in [-0.3, -0.25) is 0 Å². The van der Waals surface area contributed by atoms with Gasteiger partial charge in [-0.2, -0.15) is 0 Å². The van der Waals surface area contributed by atoms with Crippen molar-refractivity contribution in [3.8, 4) is 0 Å². The molecule has 0 bridgehead atoms. The number of hydrogen-bond donors (Lipinski definition) is 0. The second kappa shape index (κ2) is 4.64. The number of aryl methyl sites for hydroxylation is 1. The Hall–Kier alpha value is -2.22. The summed E-state index contributed by atoms with van der Waals surface area (Å²) in [6.07, 6.45) is 0. The summed E-state index contributed by atoms with van der Waals surface area (Å²) in [5.74, 6) is 0. The molecule has 1 aromatic heterocycles. The van der Waals surface area contributed by atoms with Crippen LogP contribution < -0.4 is 13.8 Å². The molecule has 0 radical (unpaired) electrons. The predicted octanol–water partition coefficient (Wildman–Crippen LogP) is 3.07. The first-order chi connectivity index (χ1) is 11.2. The van der Waals surface area contributed by atoms with E-state index in [-0.39, 0.29) is 0 Å². The van der Waals surface area contributed by atoms with Crippen molar-refractivity contribution in [3.63, 3.8) is 0 Å². The molecular weight excluding hydrogens is 347 g/mol. The molecule has 5 rings (SSSR count). The second-order valence-corrected chi connectivity index (χ2v) is 8.32. The third-order valence-corrected chi connectivity index (χ3v) is 7.14. The van der Waals surface area contributed by atoms with Crippen molar-refractivity contribution in [1.82, 2.24) is 4.57 Å². The Morgan fingerprint density at radius 3 is 2.39 bits per heavy atom. The van der Waals surface area contributed by atoms with Crippen LogP contribution in [0, 0.1) is 0 Å². The molecule has 0 amide bonds. The molecule has 0 unspecified atom stereocenters. The summed E-state index contributed by atoms with van der Waals surface area (Å²) in [5.41, 5.74) is 5.31. The minimum atomic E-state index is 0.365. The minimum absolute atomic E-state index is 0.365. The number of aromatic nitrogens is 1. The maximum atomic E-state index is 2.42. The van der Waals surface area contributed by atoms with Crippen LogP contribution in [0.15, 0.2) is 60.7 Å². The first kappa shape index (κ1) is 13.2. The SMILES string of the molecule is CN1c2ccccc2[Se]c2cc3c4ccccc4n(C)c3cc21. The molecular formula is C20H16N2Se. The van der Waals surface area contributed by atoms with Crippen LogP contribution in [-0.2, 0) is 7.05 Å². The fourth-order valence-electron chi connectivity index (χ4n) is 3.59. The molecule has 4 aromatic rings. The molecule has 1 aliphatic heterocycles. The quantitative estimate of drug-likeness (QED) is 0.436. The van der Waals surface area contributed by atoms with Crippen molar-refractivity contribution < 1.29 is 0 Å². The van der Waals surface area contributed by atoms with Gasteiger partial charge in [-0.25, -0.2) is 0 Å². The second-order valence-electron chi connectivity index (χ2n) is 6.04. The number of nitrogens with zero attached hydrogens (tertiary/aromatic N) is 2. The number of anilines is 2. The van der Waals surface area contributed by atoms with E-state index in [0.29, 0.717) is 15.0 Å². The van der Waals surface area contributed by atoms with Crippen LogP contribution in [-0.4, -0.2) is 26.6 Å². The van der Waals surface area contributed by atoms with Crippen molar-refractivity contribution in [2.45, 2.75) is 0 Å². The van der Waals surface area contributed by atoms with Gasteiger partial charge in [0.2, 0.25) is 0 Å². The van der Waals surface area contributed by atoms with Crippen LogP contribution in [0.5, 0.6) is 0 Å². The Morgan fingerprint density at radius 1 is 0.696 bits per heavy atom. The molecule has 23 heavy (non-hydrogen) atoms. The van der Waals surface area contributed by atoms with Crippen LogP contribution in [0.1, 0.15) is 0 Å². The Balaban J connectivity index is 1.85. The fourth-order valence-corrected chi connectivity index (χ4v) is 6.04. The molecule has 0 saturated heterocycles. The van der Waals surface area contributed by atoms with Crippen LogP contribution in [0.4, 0.5) is 11.4 Å². The first-order valence-corrected chi connectivity index (χ1v) is 9.47. The molecule has 2 nitrogen and oxygen atoms in total. The maximum absolute atomic E-state index is 2.42. The Kier molecular flexibility index (Phi) is 2.67. The first-order valence-electron chi connectivity index (χ1n) is 7.76. The summed E-state index contributed by atoms with van der Waals surface area (Å²) in [5, 5.41) is 2.72. The molecule has 0 fully saturated rings. The van der Waals surface area contributed by atoms with Gasteiger partial charge in [0.25, 0.3) is 0 Å². The molecule has 0 N–H and O–H groups in total. The van der Waals surface area contributed by atoms with E-state index in [2.05, 4.69) is 84.2 Å². The van der Waals surface area contributed by atoms with E-state index in [1.807, 2.05) is 0 Å². The Morgan fingerprint density at radius 2 is 1.48 bits per heavy atom. The van der Waals surface area contributed by atoms with Gasteiger partial charge in [0.15, 0.2) is 0 Å². The number of hydrogen-bond acceptors (Lipinski definition) is 1. The summed E-state index contributed by atoms with van der Waals surface area (Å²) >= 11 is 0.365. The van der Waals surface area contributed by atoms with Crippen LogP contribution in [0.3, 0.4) is 0 Å². The van der Waals surface area contributed by atoms with Crippen LogP contribution in [0.2, 0.25) is 0 Å². The van der Waals surface area contributed by atoms with Gasteiger partial charge in [0, 0.05) is 0 Å². The number of rotatable bonds is 0. The molecule has 2 heterocycles. The number of fused-ring (bicyclic) bond motifs is 5. The van der Waals surface area contributed by atoms with Gasteiger partial charge in [0.1, 0.15) is 0 Å². The van der Waals surface area contributed by atoms with Gasteiger partial charge >= 0.3 is 141 Å². The summed E-state index contributed by atoms with van der Waals surface area (Å²) in [6.45, 7) is 0. The molecule has 0 saturated carbocycles. The number of benzene rings is 3. The molecule has 3 heteroatoms. The van der Waals surface area contributed by atoms with Gasteiger partial charge in [-0.05, 0) is 0 Å². The molecule has 1 aliphatic rings. The van der Waals surface area contributed by atoms with Gasteiger partial charge in [-0.15, -0.1) is 0 Å². The standard InChI is InChI=1S/C20H16N2Se/c1-21-15-8-4-3-7-13(15)14-11-20-18(12-17(14)21)22(2)16-9-5-6-10-19(16)23-20/h3-12H,1-2H3. The molecule has 0 aliphatic carbocycles. The summed E-state index contributed by atoms with van der Waals surface area (Å²) in [4.78, 5) is 2.34. The number of para-hydroxylation sites is 2. The normalized spacial score (nSPS) is 13.4.